The molecule has 0 unspecified atom stereocenters. The van der Waals surface area contributed by atoms with Crippen LogP contribution in [0.4, 0.5) is 0 Å². The molecule has 0 saturated heterocycles. The molecule has 0 bridgehead atoms. The smallest absolute Gasteiger partial charge is 0.343 e. The van der Waals surface area contributed by atoms with Gasteiger partial charge in [0.15, 0.2) is 6.61 Å². The molecule has 0 amide bonds. The summed E-state index contributed by atoms with van der Waals surface area (Å²) in [5.74, 6) is 1.42. The lowest BCUT2D eigenvalue weighted by atomic mass is 9.84. The molecule has 3 aromatic carbocycles. The van der Waals surface area contributed by atoms with Crippen molar-refractivity contribution in [3.8, 4) is 11.5 Å². The zero-order valence-electron chi connectivity index (χ0n) is 20.9. The van der Waals surface area contributed by atoms with Gasteiger partial charge in [-0.3, -0.25) is 0 Å². The molecular weight excluding hydrogens is 450 g/mol. The van der Waals surface area contributed by atoms with Crippen molar-refractivity contribution in [1.82, 2.24) is 5.32 Å². The van der Waals surface area contributed by atoms with Gasteiger partial charge in [0.05, 0.1) is 7.11 Å². The zero-order valence-corrected chi connectivity index (χ0v) is 20.9. The first-order valence-corrected chi connectivity index (χ1v) is 12.7. The van der Waals surface area contributed by atoms with Crippen molar-refractivity contribution in [3.63, 3.8) is 0 Å². The van der Waals surface area contributed by atoms with Crippen molar-refractivity contribution in [1.29, 1.82) is 0 Å². The minimum atomic E-state index is -0.394. The molecule has 186 valence electrons. The Labute approximate surface area is 213 Å². The third kappa shape index (κ3) is 5.31. The summed E-state index contributed by atoms with van der Waals surface area (Å²) in [6.45, 7) is 2.90. The van der Waals surface area contributed by atoms with Crippen molar-refractivity contribution in [2.45, 2.75) is 44.2 Å². The Kier molecular flexibility index (Phi) is 7.38. The van der Waals surface area contributed by atoms with E-state index < -0.39 is 5.97 Å². The Balaban J connectivity index is 1.29. The summed E-state index contributed by atoms with van der Waals surface area (Å²) in [7, 11) is 1.36. The summed E-state index contributed by atoms with van der Waals surface area (Å²) in [5, 5.41) is 3.74. The van der Waals surface area contributed by atoms with Gasteiger partial charge in [-0.05, 0) is 66.6 Å². The van der Waals surface area contributed by atoms with Crippen LogP contribution in [0.15, 0.2) is 72.8 Å². The number of benzene rings is 3. The van der Waals surface area contributed by atoms with Gasteiger partial charge in [-0.15, -0.1) is 0 Å². The largest absolute Gasteiger partial charge is 0.489 e. The van der Waals surface area contributed by atoms with Crippen LogP contribution >= 0.6 is 0 Å². The van der Waals surface area contributed by atoms with E-state index in [4.69, 9.17) is 9.47 Å². The van der Waals surface area contributed by atoms with Gasteiger partial charge in [-0.1, -0.05) is 60.7 Å². The van der Waals surface area contributed by atoms with Gasteiger partial charge >= 0.3 is 5.97 Å². The highest BCUT2D eigenvalue weighted by molar-refractivity contribution is 5.70. The number of carbonyl (C=O) groups is 1. The number of ether oxygens (including phenoxy) is 3. The van der Waals surface area contributed by atoms with Crippen LogP contribution < -0.4 is 14.8 Å². The Hall–Kier alpha value is -3.57. The lowest BCUT2D eigenvalue weighted by Gasteiger charge is -2.33. The molecule has 3 atom stereocenters. The highest BCUT2D eigenvalue weighted by Gasteiger charge is 2.29. The van der Waals surface area contributed by atoms with E-state index in [1.165, 1.54) is 34.9 Å². The molecule has 0 aromatic heterocycles. The monoisotopic (exact) mass is 483 g/mol. The van der Waals surface area contributed by atoms with Crippen LogP contribution in [0.1, 0.15) is 59.5 Å². The first-order chi connectivity index (χ1) is 17.6. The summed E-state index contributed by atoms with van der Waals surface area (Å²) in [5.41, 5.74) is 6.55. The lowest BCUT2D eigenvalue weighted by Crippen LogP contribution is -2.37. The highest BCUT2D eigenvalue weighted by atomic mass is 16.6. The van der Waals surface area contributed by atoms with Crippen LogP contribution in [-0.4, -0.2) is 32.3 Å². The van der Waals surface area contributed by atoms with Crippen LogP contribution in [-0.2, 0) is 16.0 Å². The maximum atomic E-state index is 11.4. The average Bonchev–Trinajstić information content (AvgIpc) is 2.94. The second-order valence-corrected chi connectivity index (χ2v) is 9.49. The van der Waals surface area contributed by atoms with E-state index in [9.17, 15) is 4.79 Å². The molecule has 1 N–H and O–H groups in total. The molecule has 2 aliphatic rings. The fourth-order valence-electron chi connectivity index (χ4n) is 5.22. The molecule has 36 heavy (non-hydrogen) atoms. The molecule has 3 aromatic rings. The fraction of sp³-hybridized carbons (Fsp3) is 0.323. The molecule has 1 aliphatic heterocycles. The second-order valence-electron chi connectivity index (χ2n) is 9.49. The van der Waals surface area contributed by atoms with E-state index in [0.717, 1.165) is 31.6 Å². The van der Waals surface area contributed by atoms with Gasteiger partial charge in [0, 0.05) is 24.1 Å². The highest BCUT2D eigenvalue weighted by Crippen LogP contribution is 2.40. The Bertz CT molecular complexity index is 1230. The van der Waals surface area contributed by atoms with Gasteiger partial charge in [0.2, 0.25) is 0 Å². The van der Waals surface area contributed by atoms with Gasteiger partial charge < -0.3 is 19.5 Å². The molecule has 5 heteroatoms. The lowest BCUT2D eigenvalue weighted by molar-refractivity contribution is -0.142. The Morgan fingerprint density at radius 2 is 1.92 bits per heavy atom. The van der Waals surface area contributed by atoms with E-state index >= 15 is 0 Å². The maximum Gasteiger partial charge on any atom is 0.343 e. The van der Waals surface area contributed by atoms with Gasteiger partial charge in [-0.2, -0.15) is 0 Å². The predicted molar refractivity (Wildman–Crippen MR) is 141 cm³/mol. The van der Waals surface area contributed by atoms with Crippen LogP contribution in [0, 0.1) is 0 Å². The minimum Gasteiger partial charge on any atom is -0.489 e. The summed E-state index contributed by atoms with van der Waals surface area (Å²) in [6, 6.07) is 23.2. The Morgan fingerprint density at radius 3 is 2.75 bits per heavy atom. The molecular formula is C31H33NO4. The standard InChI is InChI=1S/C31H33NO4/c1-21(26-12-7-9-22-8-3-4-10-27(22)26)32-19-25-18-29(28-11-5-6-13-30(28)36-25)23-14-16-24(17-15-23)35-20-31(33)34-2/h4-7,9-17,21,25,29,32H,3,8,18-20H2,1-2H3/t21-,25-,29-/m1/s1. The van der Waals surface area contributed by atoms with Gasteiger partial charge in [0.1, 0.15) is 17.6 Å². The quantitative estimate of drug-likeness (QED) is 0.409. The van der Waals surface area contributed by atoms with E-state index in [0.29, 0.717) is 5.75 Å². The molecule has 5 rings (SSSR count). The van der Waals surface area contributed by atoms with Crippen molar-refractivity contribution < 1.29 is 19.0 Å². The number of allylic oxidation sites excluding steroid dienone is 1. The van der Waals surface area contributed by atoms with Gasteiger partial charge in [0.25, 0.3) is 0 Å². The molecule has 0 radical (unpaired) electrons. The topological polar surface area (TPSA) is 56.8 Å². The third-order valence-electron chi connectivity index (χ3n) is 7.17. The van der Waals surface area contributed by atoms with Crippen LogP contribution in [0.25, 0.3) is 6.08 Å². The number of aryl methyl sites for hydroxylation is 1. The van der Waals surface area contributed by atoms with Gasteiger partial charge in [-0.25, -0.2) is 4.79 Å². The van der Waals surface area contributed by atoms with Crippen molar-refractivity contribution in [2.24, 2.45) is 0 Å². The number of nitrogens with one attached hydrogen (secondary N) is 1. The molecule has 0 saturated carbocycles. The molecule has 0 fully saturated rings. The summed E-state index contributed by atoms with van der Waals surface area (Å²) in [6.07, 6.45) is 7.71. The molecule has 5 nitrogen and oxygen atoms in total. The fourth-order valence-corrected chi connectivity index (χ4v) is 5.22. The molecule has 1 heterocycles. The maximum absolute atomic E-state index is 11.4. The summed E-state index contributed by atoms with van der Waals surface area (Å²) < 4.78 is 16.6. The average molecular weight is 484 g/mol. The Morgan fingerprint density at radius 1 is 1.08 bits per heavy atom. The van der Waals surface area contributed by atoms with Crippen LogP contribution in [0.3, 0.4) is 0 Å². The number of carbonyl (C=O) groups excluding carboxylic acids is 1. The number of esters is 1. The number of fused-ring (bicyclic) bond motifs is 2. The number of hydrogen-bond donors (Lipinski definition) is 1. The van der Waals surface area contributed by atoms with Crippen LogP contribution in [0.5, 0.6) is 11.5 Å². The minimum absolute atomic E-state index is 0.0534. The number of para-hydroxylation sites is 1. The van der Waals surface area contributed by atoms with Crippen LogP contribution in [0.2, 0.25) is 0 Å². The molecule has 0 spiro atoms. The summed E-state index contributed by atoms with van der Waals surface area (Å²) >= 11 is 0. The number of methoxy groups -OCH3 is 1. The summed E-state index contributed by atoms with van der Waals surface area (Å²) in [4.78, 5) is 11.4. The number of hydrogen-bond acceptors (Lipinski definition) is 5. The van der Waals surface area contributed by atoms with Crippen molar-refractivity contribution in [2.75, 3.05) is 20.3 Å². The first-order valence-electron chi connectivity index (χ1n) is 12.7. The van der Waals surface area contributed by atoms with E-state index in [2.05, 4.69) is 77.7 Å². The van der Waals surface area contributed by atoms with Crippen molar-refractivity contribution >= 4 is 12.0 Å². The first kappa shape index (κ1) is 24.1. The predicted octanol–water partition coefficient (Wildman–Crippen LogP) is 5.83. The van der Waals surface area contributed by atoms with E-state index in [-0.39, 0.29) is 24.7 Å². The SMILES string of the molecule is COC(=O)COc1ccc([C@H]2C[C@H](CN[C@H](C)c3cccc4c3C=CCC4)Oc3ccccc32)cc1. The van der Waals surface area contributed by atoms with E-state index in [1.807, 2.05) is 18.2 Å². The van der Waals surface area contributed by atoms with E-state index in [1.54, 1.807) is 0 Å². The van der Waals surface area contributed by atoms with Crippen molar-refractivity contribution in [3.05, 3.63) is 101 Å². The third-order valence-corrected chi connectivity index (χ3v) is 7.17. The number of rotatable bonds is 8. The normalized spacial score (nSPS) is 18.9. The second kappa shape index (κ2) is 11.0. The zero-order chi connectivity index (χ0) is 24.9. The molecule has 1 aliphatic carbocycles.